The molecule has 2 heteroatoms. The van der Waals surface area contributed by atoms with E-state index in [4.69, 9.17) is 0 Å². The molecule has 0 heterocycles. The number of hydrogen-bond donors (Lipinski definition) is 1. The second-order valence-corrected chi connectivity index (χ2v) is 9.45. The average molecular weight is 146 g/mol. The third-order valence-electron chi connectivity index (χ3n) is 2.30. The molecule has 0 aromatic heterocycles. The van der Waals surface area contributed by atoms with Gasteiger partial charge in [-0.2, -0.15) is 0 Å². The molecule has 0 aromatic carbocycles. The van der Waals surface area contributed by atoms with Gasteiger partial charge in [-0.1, -0.05) is 26.6 Å². The molecule has 0 aliphatic rings. The molecule has 0 spiro atoms. The Morgan fingerprint density at radius 1 is 1.33 bits per heavy atom. The zero-order chi connectivity index (χ0) is 7.71. The van der Waals surface area contributed by atoms with Gasteiger partial charge < -0.3 is 5.11 Å². The van der Waals surface area contributed by atoms with Crippen molar-refractivity contribution in [1.29, 1.82) is 0 Å². The maximum atomic E-state index is 9.72. The van der Waals surface area contributed by atoms with Crippen molar-refractivity contribution in [3.05, 3.63) is 0 Å². The molecular weight excluding hydrogens is 128 g/mol. The van der Waals surface area contributed by atoms with E-state index in [1.165, 1.54) is 0 Å². The second-order valence-electron chi connectivity index (χ2n) is 3.88. The first kappa shape index (κ1) is 9.18. The van der Waals surface area contributed by atoms with Crippen LogP contribution in [-0.2, 0) is 0 Å². The maximum absolute atomic E-state index is 9.72. The first-order chi connectivity index (χ1) is 3.81. The zero-order valence-corrected chi connectivity index (χ0v) is 8.15. The van der Waals surface area contributed by atoms with Gasteiger partial charge in [0.1, 0.15) is 0 Å². The van der Waals surface area contributed by atoms with Gasteiger partial charge in [-0.15, -0.1) is 0 Å². The first-order valence-corrected chi connectivity index (χ1v) is 7.03. The summed E-state index contributed by atoms with van der Waals surface area (Å²) < 4.78 is 0. The van der Waals surface area contributed by atoms with Crippen molar-refractivity contribution >= 4 is 8.07 Å². The summed E-state index contributed by atoms with van der Waals surface area (Å²) in [5, 5.41) is 9.34. The molecule has 0 rings (SSSR count). The topological polar surface area (TPSA) is 20.2 Å². The van der Waals surface area contributed by atoms with Crippen molar-refractivity contribution in [2.45, 2.75) is 45.1 Å². The molecule has 0 bridgehead atoms. The molecule has 0 aromatic rings. The average Bonchev–Trinajstić information content (AvgIpc) is 1.64. The minimum atomic E-state index is -1.33. The van der Waals surface area contributed by atoms with Crippen molar-refractivity contribution < 1.29 is 5.11 Å². The van der Waals surface area contributed by atoms with Crippen LogP contribution in [0.4, 0.5) is 0 Å². The molecule has 0 amide bonds. The molecule has 0 saturated heterocycles. The molecular formula is C7H18OSi. The third-order valence-corrected chi connectivity index (χ3v) is 5.89. The lowest BCUT2D eigenvalue weighted by Crippen LogP contribution is -2.49. The fourth-order valence-electron chi connectivity index (χ4n) is 0.530. The van der Waals surface area contributed by atoms with Crippen LogP contribution in [-0.4, -0.2) is 18.4 Å². The summed E-state index contributed by atoms with van der Waals surface area (Å²) in [5.41, 5.74) is 0. The molecule has 56 valence electrons. The standard InChI is InChI=1S/C7H18OSi/c1-6-7(2,8)9(3,4)5/h8H,6H2,1-5H3. The minimum Gasteiger partial charge on any atom is -0.394 e. The predicted molar refractivity (Wildman–Crippen MR) is 44.3 cm³/mol. The Balaban J connectivity index is 4.14. The van der Waals surface area contributed by atoms with Crippen LogP contribution >= 0.6 is 0 Å². The van der Waals surface area contributed by atoms with E-state index in [1.54, 1.807) is 0 Å². The van der Waals surface area contributed by atoms with E-state index >= 15 is 0 Å². The van der Waals surface area contributed by atoms with E-state index < -0.39 is 8.07 Å². The normalized spacial score (nSPS) is 19.3. The Hall–Kier alpha value is 0.177. The predicted octanol–water partition coefficient (Wildman–Crippen LogP) is 2.02. The van der Waals surface area contributed by atoms with E-state index in [0.717, 1.165) is 6.42 Å². The Kier molecular flexibility index (Phi) is 2.47. The van der Waals surface area contributed by atoms with Gasteiger partial charge in [0, 0.05) is 0 Å². The largest absolute Gasteiger partial charge is 0.394 e. The molecule has 9 heavy (non-hydrogen) atoms. The van der Waals surface area contributed by atoms with E-state index in [9.17, 15) is 5.11 Å². The molecule has 1 unspecified atom stereocenters. The van der Waals surface area contributed by atoms with Crippen LogP contribution in [0.1, 0.15) is 20.3 Å². The first-order valence-electron chi connectivity index (χ1n) is 3.53. The van der Waals surface area contributed by atoms with Gasteiger partial charge in [-0.05, 0) is 13.3 Å². The van der Waals surface area contributed by atoms with E-state index in [-0.39, 0.29) is 5.22 Å². The summed E-state index contributed by atoms with van der Waals surface area (Å²) in [4.78, 5) is 0. The Labute approximate surface area is 59.1 Å². The van der Waals surface area contributed by atoms with Gasteiger partial charge in [-0.25, -0.2) is 0 Å². The smallest absolute Gasteiger partial charge is 0.0816 e. The summed E-state index contributed by atoms with van der Waals surface area (Å²) in [6.07, 6.45) is 0.878. The summed E-state index contributed by atoms with van der Waals surface area (Å²) >= 11 is 0. The lowest BCUT2D eigenvalue weighted by atomic mass is 10.3. The highest BCUT2D eigenvalue weighted by atomic mass is 28.3. The molecule has 1 atom stereocenters. The maximum Gasteiger partial charge on any atom is 0.0816 e. The van der Waals surface area contributed by atoms with Crippen LogP contribution in [0.15, 0.2) is 0 Å². The highest BCUT2D eigenvalue weighted by molar-refractivity contribution is 6.78. The fourth-order valence-corrected chi connectivity index (χ4v) is 1.59. The lowest BCUT2D eigenvalue weighted by Gasteiger charge is -2.34. The molecule has 0 aliphatic carbocycles. The van der Waals surface area contributed by atoms with Crippen LogP contribution in [0.5, 0.6) is 0 Å². The van der Waals surface area contributed by atoms with Gasteiger partial charge in [0.05, 0.1) is 13.3 Å². The van der Waals surface area contributed by atoms with Crippen LogP contribution < -0.4 is 0 Å². The zero-order valence-electron chi connectivity index (χ0n) is 7.15. The van der Waals surface area contributed by atoms with Crippen molar-refractivity contribution in [3.63, 3.8) is 0 Å². The molecule has 0 saturated carbocycles. The van der Waals surface area contributed by atoms with Crippen LogP contribution in [0, 0.1) is 0 Å². The number of rotatable bonds is 2. The Morgan fingerprint density at radius 2 is 1.67 bits per heavy atom. The van der Waals surface area contributed by atoms with Crippen molar-refractivity contribution in [2.75, 3.05) is 0 Å². The molecule has 1 N–H and O–H groups in total. The van der Waals surface area contributed by atoms with Gasteiger partial charge in [0.15, 0.2) is 0 Å². The van der Waals surface area contributed by atoms with Crippen molar-refractivity contribution in [1.82, 2.24) is 0 Å². The summed E-state index contributed by atoms with van der Waals surface area (Å²) in [7, 11) is -1.33. The van der Waals surface area contributed by atoms with Gasteiger partial charge in [0.2, 0.25) is 0 Å². The van der Waals surface area contributed by atoms with Crippen LogP contribution in [0.3, 0.4) is 0 Å². The fraction of sp³-hybridized carbons (Fsp3) is 1.00. The van der Waals surface area contributed by atoms with Crippen molar-refractivity contribution in [2.24, 2.45) is 0 Å². The van der Waals surface area contributed by atoms with E-state index in [2.05, 4.69) is 19.6 Å². The highest BCUT2D eigenvalue weighted by Crippen LogP contribution is 2.22. The molecule has 0 radical (unpaired) electrons. The molecule has 0 fully saturated rings. The lowest BCUT2D eigenvalue weighted by molar-refractivity contribution is 0.131. The number of aliphatic hydroxyl groups is 1. The van der Waals surface area contributed by atoms with E-state index in [0.29, 0.717) is 0 Å². The molecule has 0 aliphatic heterocycles. The summed E-state index contributed by atoms with van der Waals surface area (Å²) in [6, 6.07) is 0. The second kappa shape index (κ2) is 2.43. The summed E-state index contributed by atoms with van der Waals surface area (Å²) in [5.74, 6) is 0. The Bertz CT molecular complexity index is 91.6. The summed E-state index contributed by atoms with van der Waals surface area (Å²) in [6.45, 7) is 10.6. The quantitative estimate of drug-likeness (QED) is 0.591. The SMILES string of the molecule is CCC(C)(O)[Si](C)(C)C. The van der Waals surface area contributed by atoms with Gasteiger partial charge in [0.25, 0.3) is 0 Å². The van der Waals surface area contributed by atoms with Crippen molar-refractivity contribution in [3.8, 4) is 0 Å². The van der Waals surface area contributed by atoms with Gasteiger partial charge >= 0.3 is 0 Å². The highest BCUT2D eigenvalue weighted by Gasteiger charge is 2.34. The van der Waals surface area contributed by atoms with Crippen LogP contribution in [0.2, 0.25) is 19.6 Å². The van der Waals surface area contributed by atoms with E-state index in [1.807, 2.05) is 13.8 Å². The molecule has 1 nitrogen and oxygen atoms in total. The monoisotopic (exact) mass is 146 g/mol. The number of hydrogen-bond acceptors (Lipinski definition) is 1. The third kappa shape index (κ3) is 2.10. The van der Waals surface area contributed by atoms with Gasteiger partial charge in [-0.3, -0.25) is 0 Å². The van der Waals surface area contributed by atoms with Crippen LogP contribution in [0.25, 0.3) is 0 Å². The Morgan fingerprint density at radius 3 is 1.67 bits per heavy atom. The minimum absolute atomic E-state index is 0.382.